The molecular weight excluding hydrogens is 240 g/mol. The van der Waals surface area contributed by atoms with Gasteiger partial charge in [-0.3, -0.25) is 0 Å². The molecule has 0 aliphatic rings. The summed E-state index contributed by atoms with van der Waals surface area (Å²) in [7, 11) is -1.80. The number of nitrogens with two attached hydrogens (primary N) is 1. The number of nitrogens with zero attached hydrogens (tertiary/aromatic N) is 1. The minimum atomic E-state index is -3.26. The maximum Gasteiger partial charge on any atom is 0.155 e. The molecule has 1 rings (SSSR count). The van der Waals surface area contributed by atoms with E-state index in [9.17, 15) is 8.42 Å². The van der Waals surface area contributed by atoms with E-state index in [4.69, 9.17) is 15.7 Å². The van der Waals surface area contributed by atoms with E-state index in [-0.39, 0.29) is 18.1 Å². The average molecular weight is 254 g/mol. The van der Waals surface area contributed by atoms with Crippen LogP contribution >= 0.6 is 0 Å². The molecule has 92 valence electrons. The van der Waals surface area contributed by atoms with Gasteiger partial charge in [-0.2, -0.15) is 5.26 Å². The van der Waals surface area contributed by atoms with Crippen molar-refractivity contribution in [2.45, 2.75) is 5.75 Å². The van der Waals surface area contributed by atoms with Gasteiger partial charge in [-0.05, 0) is 18.2 Å². The lowest BCUT2D eigenvalue weighted by Crippen LogP contribution is -2.17. The largest absolute Gasteiger partial charge is 0.496 e. The monoisotopic (exact) mass is 254 g/mol. The van der Waals surface area contributed by atoms with Crippen LogP contribution in [0.4, 0.5) is 0 Å². The molecule has 1 aromatic carbocycles. The van der Waals surface area contributed by atoms with Crippen molar-refractivity contribution in [3.63, 3.8) is 0 Å². The number of methoxy groups -OCH3 is 1. The second kappa shape index (κ2) is 5.66. The molecule has 0 aliphatic carbocycles. The molecular formula is C11H14N2O3S. The zero-order chi connectivity index (χ0) is 12.9. The molecule has 0 bridgehead atoms. The molecule has 0 spiro atoms. The predicted molar refractivity (Wildman–Crippen MR) is 64.3 cm³/mol. The molecule has 0 fully saturated rings. The van der Waals surface area contributed by atoms with E-state index in [1.54, 1.807) is 12.1 Å². The molecule has 0 heterocycles. The fourth-order valence-electron chi connectivity index (χ4n) is 1.45. The van der Waals surface area contributed by atoms with Crippen molar-refractivity contribution in [3.8, 4) is 11.8 Å². The Morgan fingerprint density at radius 3 is 2.71 bits per heavy atom. The van der Waals surface area contributed by atoms with Gasteiger partial charge in [0.25, 0.3) is 0 Å². The quantitative estimate of drug-likeness (QED) is 0.823. The molecule has 5 nitrogen and oxygen atoms in total. The number of ether oxygens (including phenoxy) is 1. The molecule has 6 heteroatoms. The molecule has 0 unspecified atom stereocenters. The Morgan fingerprint density at radius 1 is 1.47 bits per heavy atom. The molecule has 0 aromatic heterocycles. The topological polar surface area (TPSA) is 93.2 Å². The number of hydrogen-bond acceptors (Lipinski definition) is 5. The summed E-state index contributed by atoms with van der Waals surface area (Å²) in [6.07, 6.45) is 0. The number of sulfone groups is 1. The zero-order valence-corrected chi connectivity index (χ0v) is 10.3. The molecule has 0 amide bonds. The van der Waals surface area contributed by atoms with Crippen molar-refractivity contribution in [2.75, 3.05) is 19.4 Å². The van der Waals surface area contributed by atoms with Crippen LogP contribution in [0.5, 0.6) is 5.75 Å². The first-order chi connectivity index (χ1) is 8.02. The highest BCUT2D eigenvalue weighted by Gasteiger charge is 2.14. The van der Waals surface area contributed by atoms with Crippen molar-refractivity contribution < 1.29 is 13.2 Å². The Kier molecular flexibility index (Phi) is 4.49. The summed E-state index contributed by atoms with van der Waals surface area (Å²) in [6.45, 7) is 0.0859. The van der Waals surface area contributed by atoms with E-state index in [0.717, 1.165) is 0 Å². The van der Waals surface area contributed by atoms with Crippen molar-refractivity contribution >= 4 is 9.84 Å². The van der Waals surface area contributed by atoms with E-state index in [0.29, 0.717) is 16.9 Å². The van der Waals surface area contributed by atoms with Gasteiger partial charge in [-0.1, -0.05) is 0 Å². The summed E-state index contributed by atoms with van der Waals surface area (Å²) in [5.74, 6) is 0.222. The number of rotatable bonds is 5. The lowest BCUT2D eigenvalue weighted by Gasteiger charge is -2.09. The van der Waals surface area contributed by atoms with Gasteiger partial charge in [0, 0.05) is 12.1 Å². The second-order valence-corrected chi connectivity index (χ2v) is 5.70. The van der Waals surface area contributed by atoms with Crippen LogP contribution in [0.15, 0.2) is 18.2 Å². The minimum absolute atomic E-state index is 0.0765. The normalized spacial score (nSPS) is 10.9. The first-order valence-corrected chi connectivity index (χ1v) is 6.82. The Balaban J connectivity index is 3.08. The molecule has 0 saturated heterocycles. The first kappa shape index (κ1) is 13.5. The van der Waals surface area contributed by atoms with Gasteiger partial charge in [0.05, 0.1) is 30.2 Å². The summed E-state index contributed by atoms with van der Waals surface area (Å²) in [5, 5.41) is 8.77. The fraction of sp³-hybridized carbons (Fsp3) is 0.364. The van der Waals surface area contributed by atoms with E-state index >= 15 is 0 Å². The maximum absolute atomic E-state index is 11.6. The van der Waals surface area contributed by atoms with Crippen LogP contribution in [0.25, 0.3) is 0 Å². The number of benzene rings is 1. The summed E-state index contributed by atoms with van der Waals surface area (Å²) in [4.78, 5) is 0. The van der Waals surface area contributed by atoms with Crippen LogP contribution in [0.2, 0.25) is 0 Å². The van der Waals surface area contributed by atoms with Crippen LogP contribution in [0.1, 0.15) is 11.1 Å². The van der Waals surface area contributed by atoms with Gasteiger partial charge in [0.2, 0.25) is 0 Å². The molecule has 0 radical (unpaired) electrons. The maximum atomic E-state index is 11.6. The van der Waals surface area contributed by atoms with Gasteiger partial charge in [0.1, 0.15) is 5.75 Å². The molecule has 0 saturated carbocycles. The van der Waals surface area contributed by atoms with Crippen LogP contribution in [0, 0.1) is 11.3 Å². The highest BCUT2D eigenvalue weighted by atomic mass is 32.2. The van der Waals surface area contributed by atoms with Gasteiger partial charge >= 0.3 is 0 Å². The third-order valence-electron chi connectivity index (χ3n) is 2.21. The van der Waals surface area contributed by atoms with E-state index in [2.05, 4.69) is 0 Å². The minimum Gasteiger partial charge on any atom is -0.496 e. The third kappa shape index (κ3) is 3.73. The summed E-state index contributed by atoms with van der Waals surface area (Å²) < 4.78 is 28.4. The first-order valence-electron chi connectivity index (χ1n) is 5.00. The van der Waals surface area contributed by atoms with E-state index in [1.807, 2.05) is 6.07 Å². The van der Waals surface area contributed by atoms with Crippen molar-refractivity contribution in [1.29, 1.82) is 5.26 Å². The summed E-state index contributed by atoms with van der Waals surface area (Å²) in [6, 6.07) is 6.65. The van der Waals surface area contributed by atoms with Gasteiger partial charge in [-0.25, -0.2) is 8.42 Å². The number of nitriles is 1. The highest BCUT2D eigenvalue weighted by molar-refractivity contribution is 7.90. The molecule has 0 atom stereocenters. The smallest absolute Gasteiger partial charge is 0.155 e. The van der Waals surface area contributed by atoms with Crippen molar-refractivity contribution in [3.05, 3.63) is 29.3 Å². The second-order valence-electron chi connectivity index (χ2n) is 3.52. The highest BCUT2D eigenvalue weighted by Crippen LogP contribution is 2.22. The van der Waals surface area contributed by atoms with Gasteiger partial charge in [0.15, 0.2) is 9.84 Å². The standard InChI is InChI=1S/C11H14N2O3S/c1-16-11-3-2-9(7-13)6-10(11)8-17(14,15)5-4-12/h2-3,6H,4-5,8,12H2,1H3. The number of hydrogen-bond donors (Lipinski definition) is 1. The lowest BCUT2D eigenvalue weighted by molar-refractivity contribution is 0.411. The summed E-state index contributed by atoms with van der Waals surface area (Å²) >= 11 is 0. The molecule has 2 N–H and O–H groups in total. The van der Waals surface area contributed by atoms with Crippen molar-refractivity contribution in [2.24, 2.45) is 5.73 Å². The van der Waals surface area contributed by atoms with E-state index < -0.39 is 9.84 Å². The summed E-state index contributed by atoms with van der Waals surface area (Å²) in [5.41, 5.74) is 6.12. The van der Waals surface area contributed by atoms with E-state index in [1.165, 1.54) is 13.2 Å². The zero-order valence-electron chi connectivity index (χ0n) is 9.51. The van der Waals surface area contributed by atoms with Crippen LogP contribution in [-0.4, -0.2) is 27.8 Å². The molecule has 17 heavy (non-hydrogen) atoms. The Morgan fingerprint density at radius 2 is 2.18 bits per heavy atom. The third-order valence-corrected chi connectivity index (χ3v) is 3.82. The fourth-order valence-corrected chi connectivity index (χ4v) is 2.65. The Bertz CT molecular complexity index is 532. The van der Waals surface area contributed by atoms with Gasteiger partial charge < -0.3 is 10.5 Å². The molecule has 1 aromatic rings. The van der Waals surface area contributed by atoms with Crippen LogP contribution in [0.3, 0.4) is 0 Å². The van der Waals surface area contributed by atoms with Crippen molar-refractivity contribution in [1.82, 2.24) is 0 Å². The van der Waals surface area contributed by atoms with Gasteiger partial charge in [-0.15, -0.1) is 0 Å². The lowest BCUT2D eigenvalue weighted by atomic mass is 10.1. The van der Waals surface area contributed by atoms with Crippen LogP contribution < -0.4 is 10.5 Å². The van der Waals surface area contributed by atoms with Crippen LogP contribution in [-0.2, 0) is 15.6 Å². The predicted octanol–water partition coefficient (Wildman–Crippen LogP) is 0.440. The SMILES string of the molecule is COc1ccc(C#N)cc1CS(=O)(=O)CCN. The molecule has 0 aliphatic heterocycles. The Labute approximate surface area is 101 Å². The average Bonchev–Trinajstić information content (AvgIpc) is 2.28. The Hall–Kier alpha value is -1.58.